The lowest BCUT2D eigenvalue weighted by molar-refractivity contribution is 0.381. The first kappa shape index (κ1) is 17.0. The van der Waals surface area contributed by atoms with Crippen LogP contribution in [0.3, 0.4) is 0 Å². The van der Waals surface area contributed by atoms with E-state index in [2.05, 4.69) is 38.5 Å². The zero-order chi connectivity index (χ0) is 17.2. The molecule has 6 heteroatoms. The third-order valence-electron chi connectivity index (χ3n) is 4.93. The highest BCUT2D eigenvalue weighted by atomic mass is 79.9. The summed E-state index contributed by atoms with van der Waals surface area (Å²) >= 11 is 3.38. The summed E-state index contributed by atoms with van der Waals surface area (Å²) in [6.45, 7) is 0.751. The van der Waals surface area contributed by atoms with E-state index in [4.69, 9.17) is 4.74 Å². The van der Waals surface area contributed by atoms with Crippen molar-refractivity contribution in [2.24, 2.45) is 7.05 Å². The second-order valence-corrected chi connectivity index (χ2v) is 7.14. The zero-order valence-electron chi connectivity index (χ0n) is 14.0. The van der Waals surface area contributed by atoms with Gasteiger partial charge in [0.05, 0.1) is 19.0 Å². The number of para-hydroxylation sites is 1. The fraction of sp³-hybridized carbons (Fsp3) is 0.444. The van der Waals surface area contributed by atoms with E-state index in [1.54, 1.807) is 20.4 Å². The Hall–Kier alpha value is -1.82. The molecule has 2 aromatic rings. The van der Waals surface area contributed by atoms with E-state index in [0.29, 0.717) is 4.47 Å². The van der Waals surface area contributed by atoms with Crippen LogP contribution in [0.15, 0.2) is 39.7 Å². The van der Waals surface area contributed by atoms with Crippen molar-refractivity contribution in [3.63, 3.8) is 0 Å². The van der Waals surface area contributed by atoms with Gasteiger partial charge < -0.3 is 10.1 Å². The van der Waals surface area contributed by atoms with Crippen LogP contribution >= 0.6 is 15.9 Å². The Balaban J connectivity index is 1.90. The van der Waals surface area contributed by atoms with Crippen molar-refractivity contribution in [1.82, 2.24) is 9.78 Å². The molecule has 24 heavy (non-hydrogen) atoms. The monoisotopic (exact) mass is 391 g/mol. The maximum atomic E-state index is 12.0. The first-order valence-electron chi connectivity index (χ1n) is 8.16. The molecule has 1 aromatic carbocycles. The molecule has 3 rings (SSSR count). The van der Waals surface area contributed by atoms with E-state index in [-0.39, 0.29) is 11.0 Å². The number of halogens is 1. The highest BCUT2D eigenvalue weighted by molar-refractivity contribution is 9.10. The lowest BCUT2D eigenvalue weighted by Gasteiger charge is -2.32. The van der Waals surface area contributed by atoms with Gasteiger partial charge in [-0.15, -0.1) is 0 Å². The van der Waals surface area contributed by atoms with Crippen LogP contribution in [0.25, 0.3) is 0 Å². The molecular weight excluding hydrogens is 370 g/mol. The summed E-state index contributed by atoms with van der Waals surface area (Å²) in [6, 6.07) is 8.24. The number of anilines is 1. The molecule has 0 bridgehead atoms. The highest BCUT2D eigenvalue weighted by Gasteiger charge is 2.37. The lowest BCUT2D eigenvalue weighted by Crippen LogP contribution is -2.33. The molecule has 1 fully saturated rings. The number of aromatic nitrogens is 2. The zero-order valence-corrected chi connectivity index (χ0v) is 15.6. The average Bonchev–Trinajstić information content (AvgIpc) is 3.09. The lowest BCUT2D eigenvalue weighted by atomic mass is 9.78. The summed E-state index contributed by atoms with van der Waals surface area (Å²) in [5, 5.41) is 7.54. The van der Waals surface area contributed by atoms with Gasteiger partial charge in [-0.3, -0.25) is 4.79 Å². The van der Waals surface area contributed by atoms with Crippen LogP contribution in [0.2, 0.25) is 0 Å². The molecular formula is C18H22BrN3O2. The Bertz CT molecular complexity index is 782. The topological polar surface area (TPSA) is 56.1 Å². The van der Waals surface area contributed by atoms with Gasteiger partial charge in [0.2, 0.25) is 0 Å². The fourth-order valence-corrected chi connectivity index (χ4v) is 4.07. The molecule has 1 aromatic heterocycles. The van der Waals surface area contributed by atoms with Crippen molar-refractivity contribution in [2.75, 3.05) is 19.0 Å². The minimum atomic E-state index is -0.141. The molecule has 0 amide bonds. The van der Waals surface area contributed by atoms with Crippen molar-refractivity contribution >= 4 is 21.6 Å². The Kier molecular flexibility index (Phi) is 4.94. The van der Waals surface area contributed by atoms with E-state index < -0.39 is 0 Å². The second-order valence-electron chi connectivity index (χ2n) is 6.34. The largest absolute Gasteiger partial charge is 0.496 e. The summed E-state index contributed by atoms with van der Waals surface area (Å²) in [5.74, 6) is 0.933. The van der Waals surface area contributed by atoms with E-state index in [9.17, 15) is 4.79 Å². The molecule has 1 aliphatic rings. The first-order chi connectivity index (χ1) is 11.6. The fourth-order valence-electron chi connectivity index (χ4n) is 3.57. The molecule has 0 aliphatic heterocycles. The molecule has 0 saturated heterocycles. The summed E-state index contributed by atoms with van der Waals surface area (Å²) in [6.07, 6.45) is 6.31. The Morgan fingerprint density at radius 1 is 1.33 bits per heavy atom. The molecule has 0 atom stereocenters. The number of hydrogen-bond acceptors (Lipinski definition) is 4. The van der Waals surface area contributed by atoms with Crippen molar-refractivity contribution in [2.45, 2.75) is 31.1 Å². The van der Waals surface area contributed by atoms with Gasteiger partial charge in [0, 0.05) is 24.6 Å². The number of hydrogen-bond donors (Lipinski definition) is 1. The van der Waals surface area contributed by atoms with Crippen LogP contribution in [-0.2, 0) is 12.5 Å². The number of benzene rings is 1. The molecule has 1 aliphatic carbocycles. The van der Waals surface area contributed by atoms with Gasteiger partial charge in [-0.1, -0.05) is 31.0 Å². The first-order valence-corrected chi connectivity index (χ1v) is 8.96. The Morgan fingerprint density at radius 2 is 2.04 bits per heavy atom. The number of ether oxygens (including phenoxy) is 1. The summed E-state index contributed by atoms with van der Waals surface area (Å²) in [7, 11) is 3.36. The van der Waals surface area contributed by atoms with Crippen molar-refractivity contribution < 1.29 is 4.74 Å². The van der Waals surface area contributed by atoms with E-state index in [0.717, 1.165) is 30.8 Å². The third-order valence-corrected chi connectivity index (χ3v) is 5.70. The molecule has 0 spiro atoms. The van der Waals surface area contributed by atoms with E-state index in [1.807, 2.05) is 12.1 Å². The van der Waals surface area contributed by atoms with Crippen LogP contribution in [0.4, 0.5) is 5.69 Å². The molecule has 1 saturated carbocycles. The molecule has 1 N–H and O–H groups in total. The van der Waals surface area contributed by atoms with Crippen LogP contribution < -0.4 is 15.6 Å². The molecule has 0 radical (unpaired) electrons. The van der Waals surface area contributed by atoms with E-state index in [1.165, 1.54) is 23.1 Å². The molecule has 5 nitrogen and oxygen atoms in total. The molecule has 0 unspecified atom stereocenters. The van der Waals surface area contributed by atoms with Crippen molar-refractivity contribution in [3.8, 4) is 5.75 Å². The minimum Gasteiger partial charge on any atom is -0.496 e. The number of nitrogens with zero attached hydrogens (tertiary/aromatic N) is 2. The number of rotatable bonds is 5. The number of nitrogens with one attached hydrogen (secondary N) is 1. The van der Waals surface area contributed by atoms with Gasteiger partial charge in [-0.05, 0) is 34.8 Å². The van der Waals surface area contributed by atoms with Gasteiger partial charge in [-0.25, -0.2) is 4.68 Å². The van der Waals surface area contributed by atoms with E-state index >= 15 is 0 Å². The van der Waals surface area contributed by atoms with Gasteiger partial charge in [0.1, 0.15) is 10.2 Å². The predicted octanol–water partition coefficient (Wildman–Crippen LogP) is 3.48. The smallest absolute Gasteiger partial charge is 0.282 e. The summed E-state index contributed by atoms with van der Waals surface area (Å²) in [4.78, 5) is 12.0. The number of methoxy groups -OCH3 is 1. The van der Waals surface area contributed by atoms with Gasteiger partial charge in [0.25, 0.3) is 5.56 Å². The van der Waals surface area contributed by atoms with Gasteiger partial charge in [0.15, 0.2) is 0 Å². The summed E-state index contributed by atoms with van der Waals surface area (Å²) in [5.41, 5.74) is 1.86. The summed E-state index contributed by atoms with van der Waals surface area (Å²) < 4.78 is 7.43. The van der Waals surface area contributed by atoms with Crippen LogP contribution in [0, 0.1) is 0 Å². The SMILES string of the molecule is COc1ccccc1C1(CNc2cnn(C)c(=O)c2Br)CCCC1. The second kappa shape index (κ2) is 6.97. The predicted molar refractivity (Wildman–Crippen MR) is 98.8 cm³/mol. The van der Waals surface area contributed by atoms with Crippen LogP contribution in [0.1, 0.15) is 31.2 Å². The Labute approximate surface area is 150 Å². The molecule has 128 valence electrons. The quantitative estimate of drug-likeness (QED) is 0.847. The number of aryl methyl sites for hydroxylation is 1. The maximum absolute atomic E-state index is 12.0. The highest BCUT2D eigenvalue weighted by Crippen LogP contribution is 2.44. The molecule has 1 heterocycles. The average molecular weight is 392 g/mol. The standard InChI is InChI=1S/C18H22BrN3O2/c1-22-17(23)16(19)14(11-21-22)20-12-18(9-5-6-10-18)13-7-3-4-8-15(13)24-2/h3-4,7-8,11,20H,5-6,9-10,12H2,1-2H3. The van der Waals surface area contributed by atoms with Crippen LogP contribution in [0.5, 0.6) is 5.75 Å². The van der Waals surface area contributed by atoms with Gasteiger partial charge in [-0.2, -0.15) is 5.10 Å². The van der Waals surface area contributed by atoms with Crippen molar-refractivity contribution in [1.29, 1.82) is 0 Å². The van der Waals surface area contributed by atoms with Crippen LogP contribution in [-0.4, -0.2) is 23.4 Å². The minimum absolute atomic E-state index is 0.0210. The maximum Gasteiger partial charge on any atom is 0.282 e. The Morgan fingerprint density at radius 3 is 2.75 bits per heavy atom. The van der Waals surface area contributed by atoms with Gasteiger partial charge >= 0.3 is 0 Å². The van der Waals surface area contributed by atoms with Crippen molar-refractivity contribution in [3.05, 3.63) is 50.9 Å². The normalized spacial score (nSPS) is 16.1. The third kappa shape index (κ3) is 3.07.